The van der Waals surface area contributed by atoms with E-state index in [1.54, 1.807) is 0 Å². The highest BCUT2D eigenvalue weighted by atomic mass is 14.0. The number of benzene rings is 3. The van der Waals surface area contributed by atoms with Gasteiger partial charge in [-0.15, -0.1) is 0 Å². The third kappa shape index (κ3) is 6.69. The van der Waals surface area contributed by atoms with Crippen LogP contribution < -0.4 is 0 Å². The SMILES string of the molecule is CCCCc1ccc(C#Cc2ccccc2C#Cc2ccc(CCCC)cc2)cc1. The first-order chi connectivity index (χ1) is 14.8. The Labute approximate surface area is 182 Å². The summed E-state index contributed by atoms with van der Waals surface area (Å²) in [5.41, 5.74) is 6.80. The Hall–Kier alpha value is -3.22. The molecule has 0 fully saturated rings. The molecule has 0 aliphatic heterocycles. The number of hydrogen-bond acceptors (Lipinski definition) is 0. The maximum atomic E-state index is 3.31. The van der Waals surface area contributed by atoms with Crippen LogP contribution in [0.4, 0.5) is 0 Å². The van der Waals surface area contributed by atoms with Gasteiger partial charge in [0.15, 0.2) is 0 Å². The van der Waals surface area contributed by atoms with Crippen LogP contribution in [0.15, 0.2) is 72.8 Å². The van der Waals surface area contributed by atoms with E-state index in [4.69, 9.17) is 0 Å². The fourth-order valence-corrected chi connectivity index (χ4v) is 3.25. The molecular formula is C30H30. The maximum absolute atomic E-state index is 3.31. The molecule has 0 heterocycles. The highest BCUT2D eigenvalue weighted by molar-refractivity contribution is 5.54. The zero-order valence-corrected chi connectivity index (χ0v) is 18.2. The summed E-state index contributed by atoms with van der Waals surface area (Å²) in [5, 5.41) is 0. The maximum Gasteiger partial charge on any atom is 0.0405 e. The molecule has 0 bridgehead atoms. The monoisotopic (exact) mass is 390 g/mol. The van der Waals surface area contributed by atoms with Crippen molar-refractivity contribution in [1.29, 1.82) is 0 Å². The van der Waals surface area contributed by atoms with Crippen LogP contribution >= 0.6 is 0 Å². The second-order valence-electron chi connectivity index (χ2n) is 7.65. The summed E-state index contributed by atoms with van der Waals surface area (Å²) < 4.78 is 0. The highest BCUT2D eigenvalue weighted by Crippen LogP contribution is 2.11. The van der Waals surface area contributed by atoms with Crippen LogP contribution in [0.25, 0.3) is 0 Å². The smallest absolute Gasteiger partial charge is 0.0405 e. The Morgan fingerprint density at radius 1 is 0.500 bits per heavy atom. The van der Waals surface area contributed by atoms with Gasteiger partial charge in [0, 0.05) is 22.3 Å². The summed E-state index contributed by atoms with van der Waals surface area (Å²) in [5.74, 6) is 13.2. The number of hydrogen-bond donors (Lipinski definition) is 0. The standard InChI is InChI=1S/C30H30/c1-3-5-9-25-13-17-27(18-14-25)21-23-29-11-7-8-12-30(29)24-22-28-19-15-26(16-20-28)10-6-4-2/h7-8,11-20H,3-6,9-10H2,1-2H3. The van der Waals surface area contributed by atoms with E-state index in [2.05, 4.69) is 86.1 Å². The first kappa shape index (κ1) is 21.5. The summed E-state index contributed by atoms with van der Waals surface area (Å²) in [6.07, 6.45) is 7.20. The largest absolute Gasteiger partial charge is 0.0654 e. The molecule has 150 valence electrons. The molecule has 3 rings (SSSR count). The lowest BCUT2D eigenvalue weighted by Crippen LogP contribution is -1.86. The van der Waals surface area contributed by atoms with Gasteiger partial charge in [-0.3, -0.25) is 0 Å². The molecule has 3 aromatic carbocycles. The third-order valence-electron chi connectivity index (χ3n) is 5.16. The lowest BCUT2D eigenvalue weighted by atomic mass is 10.0. The second-order valence-corrected chi connectivity index (χ2v) is 7.65. The van der Waals surface area contributed by atoms with Crippen LogP contribution in [0.2, 0.25) is 0 Å². The molecule has 0 aliphatic carbocycles. The van der Waals surface area contributed by atoms with Crippen molar-refractivity contribution in [1.82, 2.24) is 0 Å². The van der Waals surface area contributed by atoms with Crippen LogP contribution in [-0.2, 0) is 12.8 Å². The zero-order chi connectivity index (χ0) is 21.0. The van der Waals surface area contributed by atoms with Crippen molar-refractivity contribution in [3.8, 4) is 23.7 Å². The van der Waals surface area contributed by atoms with Crippen LogP contribution in [0.1, 0.15) is 72.9 Å². The van der Waals surface area contributed by atoms with Crippen molar-refractivity contribution in [2.75, 3.05) is 0 Å². The van der Waals surface area contributed by atoms with Crippen molar-refractivity contribution in [3.63, 3.8) is 0 Å². The molecule has 0 amide bonds. The van der Waals surface area contributed by atoms with Gasteiger partial charge >= 0.3 is 0 Å². The zero-order valence-electron chi connectivity index (χ0n) is 18.2. The normalized spacial score (nSPS) is 9.93. The molecule has 0 aromatic heterocycles. The fourth-order valence-electron chi connectivity index (χ4n) is 3.25. The minimum Gasteiger partial charge on any atom is -0.0654 e. The number of unbranched alkanes of at least 4 members (excludes halogenated alkanes) is 2. The van der Waals surface area contributed by atoms with E-state index in [0.29, 0.717) is 0 Å². The molecule has 0 saturated carbocycles. The Kier molecular flexibility index (Phi) is 8.38. The second kappa shape index (κ2) is 11.7. The van der Waals surface area contributed by atoms with Gasteiger partial charge in [0.1, 0.15) is 0 Å². The predicted octanol–water partition coefficient (Wildman–Crippen LogP) is 7.17. The molecule has 0 saturated heterocycles. The molecule has 3 aromatic rings. The van der Waals surface area contributed by atoms with Crippen LogP contribution in [0, 0.1) is 23.7 Å². The molecule has 0 spiro atoms. The highest BCUT2D eigenvalue weighted by Gasteiger charge is 1.97. The Morgan fingerprint density at radius 2 is 0.900 bits per heavy atom. The topological polar surface area (TPSA) is 0 Å². The van der Waals surface area contributed by atoms with Crippen LogP contribution in [-0.4, -0.2) is 0 Å². The predicted molar refractivity (Wildman–Crippen MR) is 129 cm³/mol. The quantitative estimate of drug-likeness (QED) is 0.391. The molecule has 0 nitrogen and oxygen atoms in total. The minimum atomic E-state index is 0.972. The number of rotatable bonds is 6. The van der Waals surface area contributed by atoms with Gasteiger partial charge in [-0.25, -0.2) is 0 Å². The molecular weight excluding hydrogens is 360 g/mol. The molecule has 0 atom stereocenters. The van der Waals surface area contributed by atoms with Crippen molar-refractivity contribution in [3.05, 3.63) is 106 Å². The number of aryl methyl sites for hydroxylation is 2. The fraction of sp³-hybridized carbons (Fsp3) is 0.267. The van der Waals surface area contributed by atoms with E-state index >= 15 is 0 Å². The van der Waals surface area contributed by atoms with E-state index in [9.17, 15) is 0 Å². The van der Waals surface area contributed by atoms with Crippen LogP contribution in [0.3, 0.4) is 0 Å². The van der Waals surface area contributed by atoms with Gasteiger partial charge in [-0.05, 0) is 73.2 Å². The van der Waals surface area contributed by atoms with Crippen molar-refractivity contribution >= 4 is 0 Å². The average molecular weight is 391 g/mol. The van der Waals surface area contributed by atoms with Gasteiger partial charge in [-0.2, -0.15) is 0 Å². The van der Waals surface area contributed by atoms with Crippen molar-refractivity contribution in [2.45, 2.75) is 52.4 Å². The van der Waals surface area contributed by atoms with Crippen molar-refractivity contribution in [2.24, 2.45) is 0 Å². The summed E-state index contributed by atoms with van der Waals surface area (Å²) in [7, 11) is 0. The summed E-state index contributed by atoms with van der Waals surface area (Å²) in [4.78, 5) is 0. The average Bonchev–Trinajstić information content (AvgIpc) is 2.80. The molecule has 0 aliphatic rings. The first-order valence-electron chi connectivity index (χ1n) is 11.1. The Balaban J connectivity index is 1.73. The molecule has 0 radical (unpaired) electrons. The summed E-state index contributed by atoms with van der Waals surface area (Å²) in [6.45, 7) is 4.45. The van der Waals surface area contributed by atoms with Gasteiger partial charge in [0.2, 0.25) is 0 Å². The molecule has 30 heavy (non-hydrogen) atoms. The van der Waals surface area contributed by atoms with E-state index in [1.807, 2.05) is 24.3 Å². The van der Waals surface area contributed by atoms with Gasteiger partial charge in [-0.1, -0.05) is 86.8 Å². The minimum absolute atomic E-state index is 0.972. The molecule has 0 heteroatoms. The van der Waals surface area contributed by atoms with E-state index < -0.39 is 0 Å². The molecule has 0 N–H and O–H groups in total. The first-order valence-corrected chi connectivity index (χ1v) is 11.1. The van der Waals surface area contributed by atoms with Gasteiger partial charge in [0.05, 0.1) is 0 Å². The van der Waals surface area contributed by atoms with Gasteiger partial charge < -0.3 is 0 Å². The lowest BCUT2D eigenvalue weighted by Gasteiger charge is -2.00. The lowest BCUT2D eigenvalue weighted by molar-refractivity contribution is 0.795. The Bertz CT molecular complexity index is 957. The molecule has 0 unspecified atom stereocenters. The summed E-state index contributed by atoms with van der Waals surface area (Å²) in [6, 6.07) is 25.4. The van der Waals surface area contributed by atoms with Crippen LogP contribution in [0.5, 0.6) is 0 Å². The van der Waals surface area contributed by atoms with E-state index in [1.165, 1.54) is 36.8 Å². The summed E-state index contributed by atoms with van der Waals surface area (Å²) >= 11 is 0. The Morgan fingerprint density at radius 3 is 1.27 bits per heavy atom. The van der Waals surface area contributed by atoms with E-state index in [0.717, 1.165) is 35.1 Å². The van der Waals surface area contributed by atoms with E-state index in [-0.39, 0.29) is 0 Å². The van der Waals surface area contributed by atoms with Crippen molar-refractivity contribution < 1.29 is 0 Å². The third-order valence-corrected chi connectivity index (χ3v) is 5.16. The van der Waals surface area contributed by atoms with Gasteiger partial charge in [0.25, 0.3) is 0 Å².